The number of benzene rings is 2. The predicted octanol–water partition coefficient (Wildman–Crippen LogP) is 5.37. The smallest absolute Gasteiger partial charge is 0.295 e. The Morgan fingerprint density at radius 2 is 1.86 bits per heavy atom. The average Bonchev–Trinajstić information content (AvgIpc) is 3.16. The molecule has 1 aromatic heterocycles. The van der Waals surface area contributed by atoms with Crippen LogP contribution < -0.4 is 9.47 Å². The number of ketones is 1. The molecule has 0 aliphatic carbocycles. The molecule has 1 atom stereocenters. The lowest BCUT2D eigenvalue weighted by molar-refractivity contribution is -0.140. The third kappa shape index (κ3) is 5.56. The maximum atomic E-state index is 13.3. The zero-order chi connectivity index (χ0) is 26.4. The molecule has 3 aromatic rings. The van der Waals surface area contributed by atoms with Crippen LogP contribution in [0.2, 0.25) is 0 Å². The highest BCUT2D eigenvalue weighted by molar-refractivity contribution is 6.46. The highest BCUT2D eigenvalue weighted by Crippen LogP contribution is 2.41. The number of aryl methyl sites for hydroxylation is 1. The maximum absolute atomic E-state index is 13.3. The standard InChI is InChI=1S/C30H30N2O5/c1-4-15-36-23-10-8-22(9-11-23)27-26(28(33)25-13-12-24(17-20(25)3)37-16-5-2)29(34)30(35)32(27)19-21-7-6-14-31-18-21/h4,6-14,17-18,27,33H,1,5,15-16,19H2,2-3H3/b28-26-. The molecule has 0 spiro atoms. The Balaban J connectivity index is 1.79. The number of ether oxygens (including phenoxy) is 2. The number of aromatic nitrogens is 1. The molecule has 1 N–H and O–H groups in total. The van der Waals surface area contributed by atoms with Crippen molar-refractivity contribution >= 4 is 17.4 Å². The minimum Gasteiger partial charge on any atom is -0.507 e. The van der Waals surface area contributed by atoms with Gasteiger partial charge in [-0.3, -0.25) is 14.6 Å². The summed E-state index contributed by atoms with van der Waals surface area (Å²) in [7, 11) is 0. The Labute approximate surface area is 216 Å². The molecule has 7 nitrogen and oxygen atoms in total. The van der Waals surface area contributed by atoms with Gasteiger partial charge in [0.05, 0.1) is 18.2 Å². The van der Waals surface area contributed by atoms with Crippen LogP contribution >= 0.6 is 0 Å². The molecule has 37 heavy (non-hydrogen) atoms. The summed E-state index contributed by atoms with van der Waals surface area (Å²) in [6.07, 6.45) is 5.83. The Kier molecular flexibility index (Phi) is 8.03. The number of carbonyl (C=O) groups is 2. The van der Waals surface area contributed by atoms with Crippen LogP contribution in [-0.4, -0.2) is 39.9 Å². The molecule has 1 aliphatic heterocycles. The monoisotopic (exact) mass is 498 g/mol. The van der Waals surface area contributed by atoms with Crippen molar-refractivity contribution in [2.24, 2.45) is 0 Å². The lowest BCUT2D eigenvalue weighted by Crippen LogP contribution is -2.29. The van der Waals surface area contributed by atoms with E-state index < -0.39 is 17.7 Å². The second-order valence-corrected chi connectivity index (χ2v) is 8.78. The van der Waals surface area contributed by atoms with Gasteiger partial charge >= 0.3 is 0 Å². The maximum Gasteiger partial charge on any atom is 0.295 e. The van der Waals surface area contributed by atoms with E-state index in [0.29, 0.717) is 35.8 Å². The molecule has 0 saturated carbocycles. The molecular formula is C30H30N2O5. The molecular weight excluding hydrogens is 468 g/mol. The van der Waals surface area contributed by atoms with Crippen LogP contribution in [0.1, 0.15) is 41.6 Å². The fourth-order valence-electron chi connectivity index (χ4n) is 4.34. The van der Waals surface area contributed by atoms with Crippen LogP contribution in [-0.2, 0) is 16.1 Å². The van der Waals surface area contributed by atoms with Crippen LogP contribution in [0.5, 0.6) is 11.5 Å². The van der Waals surface area contributed by atoms with Gasteiger partial charge in [0, 0.05) is 24.5 Å². The Bertz CT molecular complexity index is 1320. The van der Waals surface area contributed by atoms with Gasteiger partial charge in [-0.15, -0.1) is 0 Å². The third-order valence-corrected chi connectivity index (χ3v) is 6.11. The van der Waals surface area contributed by atoms with Crippen LogP contribution in [0.25, 0.3) is 5.76 Å². The van der Waals surface area contributed by atoms with E-state index >= 15 is 0 Å². The number of hydrogen-bond acceptors (Lipinski definition) is 6. The first kappa shape index (κ1) is 25.7. The van der Waals surface area contributed by atoms with Crippen molar-refractivity contribution in [3.05, 3.63) is 107 Å². The van der Waals surface area contributed by atoms with Gasteiger partial charge in [-0.1, -0.05) is 37.8 Å². The van der Waals surface area contributed by atoms with E-state index in [-0.39, 0.29) is 17.9 Å². The van der Waals surface area contributed by atoms with E-state index in [4.69, 9.17) is 9.47 Å². The highest BCUT2D eigenvalue weighted by atomic mass is 16.5. The molecule has 190 valence electrons. The zero-order valence-electron chi connectivity index (χ0n) is 21.0. The van der Waals surface area contributed by atoms with Gasteiger partial charge < -0.3 is 19.5 Å². The summed E-state index contributed by atoms with van der Waals surface area (Å²) >= 11 is 0. The summed E-state index contributed by atoms with van der Waals surface area (Å²) in [6.45, 7) is 8.61. The van der Waals surface area contributed by atoms with Crippen LogP contribution in [0.3, 0.4) is 0 Å². The van der Waals surface area contributed by atoms with Crippen LogP contribution in [0.15, 0.2) is 85.2 Å². The van der Waals surface area contributed by atoms with Gasteiger partial charge in [-0.2, -0.15) is 0 Å². The van der Waals surface area contributed by atoms with E-state index in [1.165, 1.54) is 4.90 Å². The van der Waals surface area contributed by atoms with E-state index in [2.05, 4.69) is 11.6 Å². The molecule has 1 fully saturated rings. The van der Waals surface area contributed by atoms with E-state index in [1.54, 1.807) is 60.9 Å². The average molecular weight is 499 g/mol. The molecule has 7 heteroatoms. The Hall–Kier alpha value is -4.39. The van der Waals surface area contributed by atoms with Crippen LogP contribution in [0, 0.1) is 6.92 Å². The molecule has 0 radical (unpaired) electrons. The SMILES string of the molecule is C=CCOc1ccc(C2/C(=C(/O)c3ccc(OCCC)cc3C)C(=O)C(=O)N2Cc2cccnc2)cc1. The van der Waals surface area contributed by atoms with E-state index in [0.717, 1.165) is 17.5 Å². The van der Waals surface area contributed by atoms with Crippen molar-refractivity contribution in [3.8, 4) is 11.5 Å². The second kappa shape index (κ2) is 11.6. The molecule has 1 aliphatic rings. The quantitative estimate of drug-likeness (QED) is 0.175. The van der Waals surface area contributed by atoms with Gasteiger partial charge in [0.2, 0.25) is 0 Å². The summed E-state index contributed by atoms with van der Waals surface area (Å²) in [5.74, 6) is -0.318. The number of nitrogens with zero attached hydrogens (tertiary/aromatic N) is 2. The van der Waals surface area contributed by atoms with Gasteiger partial charge in [-0.05, 0) is 66.4 Å². The molecule has 1 saturated heterocycles. The van der Waals surface area contributed by atoms with Gasteiger partial charge in [0.25, 0.3) is 11.7 Å². The molecule has 2 heterocycles. The number of amides is 1. The van der Waals surface area contributed by atoms with Crippen molar-refractivity contribution in [1.29, 1.82) is 0 Å². The highest BCUT2D eigenvalue weighted by Gasteiger charge is 2.46. The Morgan fingerprint density at radius 1 is 1.11 bits per heavy atom. The van der Waals surface area contributed by atoms with Crippen molar-refractivity contribution in [3.63, 3.8) is 0 Å². The van der Waals surface area contributed by atoms with Gasteiger partial charge in [0.15, 0.2) is 0 Å². The number of pyridine rings is 1. The molecule has 1 amide bonds. The first-order valence-corrected chi connectivity index (χ1v) is 12.2. The van der Waals surface area contributed by atoms with E-state index in [1.807, 2.05) is 26.0 Å². The fourth-order valence-corrected chi connectivity index (χ4v) is 4.34. The number of hydrogen-bond donors (Lipinski definition) is 1. The molecule has 4 rings (SSSR count). The summed E-state index contributed by atoms with van der Waals surface area (Å²) < 4.78 is 11.3. The minimum atomic E-state index is -0.788. The van der Waals surface area contributed by atoms with Crippen molar-refractivity contribution in [2.75, 3.05) is 13.2 Å². The number of carbonyl (C=O) groups excluding carboxylic acids is 2. The topological polar surface area (TPSA) is 89.0 Å². The molecule has 1 unspecified atom stereocenters. The number of aliphatic hydroxyl groups excluding tert-OH is 1. The second-order valence-electron chi connectivity index (χ2n) is 8.78. The van der Waals surface area contributed by atoms with Crippen LogP contribution in [0.4, 0.5) is 0 Å². The number of likely N-dealkylation sites (tertiary alicyclic amines) is 1. The number of Topliss-reactive ketones (excluding diaryl/α,β-unsaturated/α-hetero) is 1. The normalized spacial score (nSPS) is 16.6. The number of aliphatic hydroxyl groups is 1. The summed E-state index contributed by atoms with van der Waals surface area (Å²) in [5.41, 5.74) is 2.69. The van der Waals surface area contributed by atoms with Gasteiger partial charge in [0.1, 0.15) is 23.9 Å². The fraction of sp³-hybridized carbons (Fsp3) is 0.233. The Morgan fingerprint density at radius 3 is 2.51 bits per heavy atom. The number of rotatable bonds is 10. The minimum absolute atomic E-state index is 0.0407. The molecule has 2 aromatic carbocycles. The first-order valence-electron chi connectivity index (χ1n) is 12.2. The van der Waals surface area contributed by atoms with Crippen molar-refractivity contribution < 1.29 is 24.2 Å². The lowest BCUT2D eigenvalue weighted by Gasteiger charge is -2.25. The molecule has 0 bridgehead atoms. The van der Waals surface area contributed by atoms with Gasteiger partial charge in [-0.25, -0.2) is 0 Å². The largest absolute Gasteiger partial charge is 0.507 e. The zero-order valence-corrected chi connectivity index (χ0v) is 21.0. The summed E-state index contributed by atoms with van der Waals surface area (Å²) in [4.78, 5) is 32.2. The van der Waals surface area contributed by atoms with E-state index in [9.17, 15) is 14.7 Å². The lowest BCUT2D eigenvalue weighted by atomic mass is 9.93. The van der Waals surface area contributed by atoms with Crippen molar-refractivity contribution in [1.82, 2.24) is 9.88 Å². The third-order valence-electron chi connectivity index (χ3n) is 6.11. The predicted molar refractivity (Wildman–Crippen MR) is 141 cm³/mol. The summed E-state index contributed by atoms with van der Waals surface area (Å²) in [5, 5.41) is 11.4. The van der Waals surface area contributed by atoms with Crippen molar-refractivity contribution in [2.45, 2.75) is 32.9 Å². The first-order chi connectivity index (χ1) is 17.9. The summed E-state index contributed by atoms with van der Waals surface area (Å²) in [6, 6.07) is 15.3.